The molecule has 0 aliphatic rings. The van der Waals surface area contributed by atoms with Gasteiger partial charge in [0.25, 0.3) is 0 Å². The minimum absolute atomic E-state index is 0.146. The van der Waals surface area contributed by atoms with Crippen molar-refractivity contribution in [2.24, 2.45) is 0 Å². The van der Waals surface area contributed by atoms with Crippen molar-refractivity contribution < 1.29 is 9.53 Å². The molecular weight excluding hydrogens is 240 g/mol. The number of nitrogens with zero attached hydrogens (tertiary/aromatic N) is 1. The number of methoxy groups -OCH3 is 1. The first-order valence-corrected chi connectivity index (χ1v) is 6.54. The molecule has 2 rings (SSSR count). The zero-order chi connectivity index (χ0) is 13.7. The summed E-state index contributed by atoms with van der Waals surface area (Å²) in [5.74, 6) is -0.146. The molecule has 1 N–H and O–H groups in total. The summed E-state index contributed by atoms with van der Waals surface area (Å²) in [5.41, 5.74) is 2.51. The third-order valence-corrected chi connectivity index (χ3v) is 3.25. The second-order valence-corrected chi connectivity index (χ2v) is 4.57. The molecule has 0 saturated carbocycles. The molecule has 4 heteroatoms. The smallest absolute Gasteiger partial charge is 0.305 e. The summed E-state index contributed by atoms with van der Waals surface area (Å²) in [6.07, 6.45) is 3.42. The van der Waals surface area contributed by atoms with Gasteiger partial charge in [-0.2, -0.15) is 0 Å². The molecule has 0 radical (unpaired) electrons. The monoisotopic (exact) mass is 260 g/mol. The summed E-state index contributed by atoms with van der Waals surface area (Å²) in [7, 11) is 3.38. The van der Waals surface area contributed by atoms with Crippen molar-refractivity contribution in [3.63, 3.8) is 0 Å². The van der Waals surface area contributed by atoms with Crippen LogP contribution in [-0.2, 0) is 22.6 Å². The average Bonchev–Trinajstić information content (AvgIpc) is 2.78. The van der Waals surface area contributed by atoms with Crippen molar-refractivity contribution in [2.75, 3.05) is 14.2 Å². The first-order valence-electron chi connectivity index (χ1n) is 6.54. The van der Waals surface area contributed by atoms with Crippen LogP contribution in [0.2, 0.25) is 0 Å². The standard InChI is InChI=1S/C15H20N2O2/c1-16-10-12-11-17(9-5-8-15(18)19-2)14-7-4-3-6-13(12)14/h3-4,6-7,11,16H,5,8-10H2,1-2H3. The summed E-state index contributed by atoms with van der Waals surface area (Å²) in [5, 5.41) is 4.46. The maximum atomic E-state index is 11.1. The Labute approximate surface area is 113 Å². The van der Waals surface area contributed by atoms with Gasteiger partial charge in [-0.15, -0.1) is 0 Å². The zero-order valence-electron chi connectivity index (χ0n) is 11.5. The number of ether oxygens (including phenoxy) is 1. The van der Waals surface area contributed by atoms with E-state index in [9.17, 15) is 4.79 Å². The molecule has 19 heavy (non-hydrogen) atoms. The molecular formula is C15H20N2O2. The van der Waals surface area contributed by atoms with Gasteiger partial charge < -0.3 is 14.6 Å². The SMILES string of the molecule is CNCc1cn(CCCC(=O)OC)c2ccccc12. The second-order valence-electron chi connectivity index (χ2n) is 4.57. The lowest BCUT2D eigenvalue weighted by Gasteiger charge is -2.04. The Morgan fingerprint density at radius 1 is 1.37 bits per heavy atom. The molecule has 0 aliphatic heterocycles. The van der Waals surface area contributed by atoms with E-state index in [-0.39, 0.29) is 5.97 Å². The molecule has 0 unspecified atom stereocenters. The zero-order valence-corrected chi connectivity index (χ0v) is 11.5. The lowest BCUT2D eigenvalue weighted by atomic mass is 10.2. The number of rotatable bonds is 6. The van der Waals surface area contributed by atoms with E-state index >= 15 is 0 Å². The molecule has 0 bridgehead atoms. The highest BCUT2D eigenvalue weighted by Crippen LogP contribution is 2.21. The average molecular weight is 260 g/mol. The van der Waals surface area contributed by atoms with Gasteiger partial charge in [0.2, 0.25) is 0 Å². The predicted molar refractivity (Wildman–Crippen MR) is 76.0 cm³/mol. The first-order chi connectivity index (χ1) is 9.26. The number of aryl methyl sites for hydroxylation is 1. The molecule has 0 spiro atoms. The molecule has 1 aromatic heterocycles. The van der Waals surface area contributed by atoms with Crippen molar-refractivity contribution in [1.82, 2.24) is 9.88 Å². The number of fused-ring (bicyclic) bond motifs is 1. The fourth-order valence-corrected chi connectivity index (χ4v) is 2.33. The van der Waals surface area contributed by atoms with Gasteiger partial charge in [0.1, 0.15) is 0 Å². The molecule has 0 aliphatic carbocycles. The lowest BCUT2D eigenvalue weighted by molar-refractivity contribution is -0.140. The van der Waals surface area contributed by atoms with E-state index in [1.165, 1.54) is 23.6 Å². The highest BCUT2D eigenvalue weighted by atomic mass is 16.5. The molecule has 1 aromatic carbocycles. The summed E-state index contributed by atoms with van der Waals surface area (Å²) in [6.45, 7) is 1.68. The number of nitrogens with one attached hydrogen (secondary N) is 1. The fraction of sp³-hybridized carbons (Fsp3) is 0.400. The van der Waals surface area contributed by atoms with Crippen LogP contribution in [0.5, 0.6) is 0 Å². The number of hydrogen-bond donors (Lipinski definition) is 1. The number of carbonyl (C=O) groups excluding carboxylic acids is 1. The molecule has 2 aromatic rings. The summed E-state index contributed by atoms with van der Waals surface area (Å²) in [4.78, 5) is 11.1. The van der Waals surface area contributed by atoms with Crippen molar-refractivity contribution in [2.45, 2.75) is 25.9 Å². The Hall–Kier alpha value is -1.81. The number of para-hydroxylation sites is 1. The van der Waals surface area contributed by atoms with E-state index in [2.05, 4.69) is 39.0 Å². The van der Waals surface area contributed by atoms with E-state index in [1.54, 1.807) is 0 Å². The van der Waals surface area contributed by atoms with Crippen LogP contribution < -0.4 is 5.32 Å². The van der Waals surface area contributed by atoms with Gasteiger partial charge in [-0.05, 0) is 25.1 Å². The van der Waals surface area contributed by atoms with Crippen molar-refractivity contribution >= 4 is 16.9 Å². The Kier molecular flexibility index (Phi) is 4.58. The second kappa shape index (κ2) is 6.38. The molecule has 0 fully saturated rings. The predicted octanol–water partition coefficient (Wildman–Crippen LogP) is 2.31. The Balaban J connectivity index is 2.16. The quantitative estimate of drug-likeness (QED) is 0.811. The molecule has 0 saturated heterocycles. The maximum absolute atomic E-state index is 11.1. The Bertz CT molecular complexity index is 560. The van der Waals surface area contributed by atoms with Crippen molar-refractivity contribution in [3.05, 3.63) is 36.0 Å². The van der Waals surface area contributed by atoms with Gasteiger partial charge in [-0.3, -0.25) is 4.79 Å². The van der Waals surface area contributed by atoms with E-state index in [0.717, 1.165) is 19.5 Å². The van der Waals surface area contributed by atoms with E-state index in [0.29, 0.717) is 6.42 Å². The van der Waals surface area contributed by atoms with Gasteiger partial charge >= 0.3 is 5.97 Å². The summed E-state index contributed by atoms with van der Waals surface area (Å²) >= 11 is 0. The van der Waals surface area contributed by atoms with Crippen LogP contribution in [0.15, 0.2) is 30.5 Å². The largest absolute Gasteiger partial charge is 0.469 e. The fourth-order valence-electron chi connectivity index (χ4n) is 2.33. The van der Waals surface area contributed by atoms with E-state index < -0.39 is 0 Å². The van der Waals surface area contributed by atoms with Crippen LogP contribution in [0.1, 0.15) is 18.4 Å². The van der Waals surface area contributed by atoms with Crippen molar-refractivity contribution in [3.8, 4) is 0 Å². The van der Waals surface area contributed by atoms with Gasteiger partial charge in [0.15, 0.2) is 0 Å². The topological polar surface area (TPSA) is 43.3 Å². The van der Waals surface area contributed by atoms with E-state index in [4.69, 9.17) is 0 Å². The number of benzene rings is 1. The number of hydrogen-bond acceptors (Lipinski definition) is 3. The van der Waals surface area contributed by atoms with Crippen LogP contribution in [0.3, 0.4) is 0 Å². The minimum atomic E-state index is -0.146. The van der Waals surface area contributed by atoms with Crippen LogP contribution in [-0.4, -0.2) is 24.7 Å². The van der Waals surface area contributed by atoms with Gasteiger partial charge in [0, 0.05) is 36.6 Å². The highest BCUT2D eigenvalue weighted by Gasteiger charge is 2.08. The molecule has 102 valence electrons. The Morgan fingerprint density at radius 3 is 2.89 bits per heavy atom. The highest BCUT2D eigenvalue weighted by molar-refractivity contribution is 5.83. The maximum Gasteiger partial charge on any atom is 0.305 e. The normalized spacial score (nSPS) is 10.8. The molecule has 1 heterocycles. The molecule has 0 amide bonds. The number of carbonyl (C=O) groups is 1. The van der Waals surface area contributed by atoms with Crippen molar-refractivity contribution in [1.29, 1.82) is 0 Å². The van der Waals surface area contributed by atoms with Crippen LogP contribution in [0.4, 0.5) is 0 Å². The summed E-state index contributed by atoms with van der Waals surface area (Å²) < 4.78 is 6.87. The molecule has 0 atom stereocenters. The van der Waals surface area contributed by atoms with Gasteiger partial charge in [-0.25, -0.2) is 0 Å². The van der Waals surface area contributed by atoms with Gasteiger partial charge in [-0.1, -0.05) is 18.2 Å². The summed E-state index contributed by atoms with van der Waals surface area (Å²) in [6, 6.07) is 8.36. The van der Waals surface area contributed by atoms with Gasteiger partial charge in [0.05, 0.1) is 7.11 Å². The third kappa shape index (κ3) is 3.15. The number of aromatic nitrogens is 1. The lowest BCUT2D eigenvalue weighted by Crippen LogP contribution is -2.05. The van der Waals surface area contributed by atoms with Crippen LogP contribution in [0, 0.1) is 0 Å². The Morgan fingerprint density at radius 2 is 2.16 bits per heavy atom. The number of esters is 1. The van der Waals surface area contributed by atoms with Crippen LogP contribution in [0.25, 0.3) is 10.9 Å². The van der Waals surface area contributed by atoms with E-state index in [1.807, 2.05) is 13.1 Å². The third-order valence-electron chi connectivity index (χ3n) is 3.25. The van der Waals surface area contributed by atoms with Crippen LogP contribution >= 0.6 is 0 Å². The minimum Gasteiger partial charge on any atom is -0.469 e. The first kappa shape index (κ1) is 13.6. The molecule has 4 nitrogen and oxygen atoms in total.